The molecular weight excluding hydrogens is 248 g/mol. The Hall–Kier alpha value is -1.92. The first kappa shape index (κ1) is 15.1. The van der Waals surface area contributed by atoms with Crippen LogP contribution in [0.4, 0.5) is 0 Å². The van der Waals surface area contributed by atoms with Gasteiger partial charge in [-0.05, 0) is 12.5 Å². The Balaban J connectivity index is 2.80. The highest BCUT2D eigenvalue weighted by Gasteiger charge is 2.32. The lowest BCUT2D eigenvalue weighted by molar-refractivity contribution is -0.152. The molecule has 104 valence electrons. The predicted molar refractivity (Wildman–Crippen MR) is 68.8 cm³/mol. The molecule has 3 atom stereocenters. The van der Waals surface area contributed by atoms with E-state index < -0.39 is 24.0 Å². The van der Waals surface area contributed by atoms with E-state index in [1.165, 1.54) is 11.9 Å². The first-order valence-corrected chi connectivity index (χ1v) is 5.83. The van der Waals surface area contributed by atoms with Crippen molar-refractivity contribution in [2.24, 2.45) is 5.73 Å². The zero-order chi connectivity index (χ0) is 14.6. The van der Waals surface area contributed by atoms with Gasteiger partial charge < -0.3 is 20.8 Å². The first-order chi connectivity index (χ1) is 8.86. The molecule has 0 heterocycles. The van der Waals surface area contributed by atoms with E-state index in [0.29, 0.717) is 0 Å². The number of aliphatic hydroxyl groups is 2. The van der Waals surface area contributed by atoms with Gasteiger partial charge in [0.05, 0.1) is 6.04 Å². The molecule has 1 aromatic rings. The average molecular weight is 266 g/mol. The SMILES string of the molecule is C[C@H](c1ccccc1)N(C)C(=O)[C@H](O)[C@@H](O)C(N)=O. The summed E-state index contributed by atoms with van der Waals surface area (Å²) in [6.07, 6.45) is -3.76. The normalized spacial score (nSPS) is 15.4. The minimum absolute atomic E-state index is 0.302. The van der Waals surface area contributed by atoms with Crippen LogP contribution >= 0.6 is 0 Å². The number of nitrogens with two attached hydrogens (primary N) is 1. The molecule has 6 nitrogen and oxygen atoms in total. The van der Waals surface area contributed by atoms with Crippen LogP contribution in [0.5, 0.6) is 0 Å². The van der Waals surface area contributed by atoms with E-state index in [9.17, 15) is 19.8 Å². The van der Waals surface area contributed by atoms with E-state index in [1.54, 1.807) is 6.92 Å². The van der Waals surface area contributed by atoms with Gasteiger partial charge in [0.15, 0.2) is 12.2 Å². The Morgan fingerprint density at radius 3 is 2.16 bits per heavy atom. The van der Waals surface area contributed by atoms with Crippen LogP contribution in [0.15, 0.2) is 30.3 Å². The fourth-order valence-electron chi connectivity index (χ4n) is 1.65. The average Bonchev–Trinajstić information content (AvgIpc) is 2.44. The van der Waals surface area contributed by atoms with Crippen LogP contribution in [0.3, 0.4) is 0 Å². The molecule has 1 aromatic carbocycles. The summed E-state index contributed by atoms with van der Waals surface area (Å²) in [5.74, 6) is -1.90. The molecule has 0 aliphatic carbocycles. The second-order valence-electron chi connectivity index (χ2n) is 4.33. The highest BCUT2D eigenvalue weighted by Crippen LogP contribution is 2.19. The van der Waals surface area contributed by atoms with Crippen molar-refractivity contribution in [3.05, 3.63) is 35.9 Å². The van der Waals surface area contributed by atoms with Crippen molar-refractivity contribution in [3.8, 4) is 0 Å². The van der Waals surface area contributed by atoms with Gasteiger partial charge >= 0.3 is 0 Å². The molecule has 0 unspecified atom stereocenters. The monoisotopic (exact) mass is 266 g/mol. The van der Waals surface area contributed by atoms with Crippen LogP contribution in [-0.2, 0) is 9.59 Å². The van der Waals surface area contributed by atoms with E-state index in [4.69, 9.17) is 5.73 Å². The van der Waals surface area contributed by atoms with E-state index in [0.717, 1.165) is 5.56 Å². The number of carbonyl (C=O) groups excluding carboxylic acids is 2. The maximum absolute atomic E-state index is 11.9. The summed E-state index contributed by atoms with van der Waals surface area (Å²) in [4.78, 5) is 23.9. The molecule has 4 N–H and O–H groups in total. The van der Waals surface area contributed by atoms with Crippen molar-refractivity contribution in [2.45, 2.75) is 25.2 Å². The highest BCUT2D eigenvalue weighted by atomic mass is 16.3. The smallest absolute Gasteiger partial charge is 0.254 e. The van der Waals surface area contributed by atoms with E-state index in [-0.39, 0.29) is 6.04 Å². The quantitative estimate of drug-likeness (QED) is 0.662. The van der Waals surface area contributed by atoms with Crippen LogP contribution < -0.4 is 5.73 Å². The molecule has 0 aliphatic rings. The minimum Gasteiger partial charge on any atom is -0.380 e. The Labute approximate surface area is 111 Å². The van der Waals surface area contributed by atoms with Crippen molar-refractivity contribution < 1.29 is 19.8 Å². The molecule has 2 amide bonds. The van der Waals surface area contributed by atoms with E-state index in [1.807, 2.05) is 30.3 Å². The lowest BCUT2D eigenvalue weighted by atomic mass is 10.1. The van der Waals surface area contributed by atoms with Crippen molar-refractivity contribution in [1.29, 1.82) is 0 Å². The molecule has 0 saturated carbocycles. The molecule has 19 heavy (non-hydrogen) atoms. The number of aliphatic hydroxyl groups excluding tert-OH is 2. The molecule has 6 heteroatoms. The summed E-state index contributed by atoms with van der Waals surface area (Å²) < 4.78 is 0. The number of nitrogens with zero attached hydrogens (tertiary/aromatic N) is 1. The van der Waals surface area contributed by atoms with E-state index >= 15 is 0 Å². The first-order valence-electron chi connectivity index (χ1n) is 5.83. The Morgan fingerprint density at radius 2 is 1.68 bits per heavy atom. The van der Waals surface area contributed by atoms with Crippen LogP contribution in [0.25, 0.3) is 0 Å². The number of rotatable bonds is 5. The summed E-state index contributed by atoms with van der Waals surface area (Å²) in [6.45, 7) is 1.77. The Bertz CT molecular complexity index is 449. The number of likely N-dealkylation sites (N-methyl/N-ethyl adjacent to an activating group) is 1. The van der Waals surface area contributed by atoms with Crippen LogP contribution in [-0.4, -0.2) is 46.2 Å². The molecule has 0 aliphatic heterocycles. The lowest BCUT2D eigenvalue weighted by Crippen LogP contribution is -2.49. The molecule has 0 spiro atoms. The zero-order valence-corrected chi connectivity index (χ0v) is 10.9. The largest absolute Gasteiger partial charge is 0.380 e. The number of hydrogen-bond acceptors (Lipinski definition) is 4. The van der Waals surface area contributed by atoms with Crippen molar-refractivity contribution in [3.63, 3.8) is 0 Å². The number of carbonyl (C=O) groups is 2. The summed E-state index contributed by atoms with van der Waals surface area (Å²) in [6, 6.07) is 8.89. The van der Waals surface area contributed by atoms with Gasteiger partial charge in [0.1, 0.15) is 0 Å². The fraction of sp³-hybridized carbons (Fsp3) is 0.385. The molecule has 0 aromatic heterocycles. The molecule has 0 fully saturated rings. The molecule has 0 radical (unpaired) electrons. The van der Waals surface area contributed by atoms with Gasteiger partial charge in [0, 0.05) is 7.05 Å². The van der Waals surface area contributed by atoms with Gasteiger partial charge in [-0.2, -0.15) is 0 Å². The highest BCUT2D eigenvalue weighted by molar-refractivity contribution is 5.89. The summed E-state index contributed by atoms with van der Waals surface area (Å²) in [5.41, 5.74) is 5.72. The molecule has 1 rings (SSSR count). The fourth-order valence-corrected chi connectivity index (χ4v) is 1.65. The van der Waals surface area contributed by atoms with Gasteiger partial charge in [0.25, 0.3) is 5.91 Å². The zero-order valence-electron chi connectivity index (χ0n) is 10.9. The van der Waals surface area contributed by atoms with Gasteiger partial charge in [-0.15, -0.1) is 0 Å². The second-order valence-corrected chi connectivity index (χ2v) is 4.33. The van der Waals surface area contributed by atoms with Gasteiger partial charge in [-0.3, -0.25) is 9.59 Å². The lowest BCUT2D eigenvalue weighted by Gasteiger charge is -2.28. The van der Waals surface area contributed by atoms with Crippen molar-refractivity contribution in [2.75, 3.05) is 7.05 Å². The third-order valence-corrected chi connectivity index (χ3v) is 3.05. The summed E-state index contributed by atoms with van der Waals surface area (Å²) in [5, 5.41) is 18.9. The van der Waals surface area contributed by atoms with Gasteiger partial charge in [-0.1, -0.05) is 30.3 Å². The van der Waals surface area contributed by atoms with Gasteiger partial charge in [-0.25, -0.2) is 0 Å². The van der Waals surface area contributed by atoms with E-state index in [2.05, 4.69) is 0 Å². The number of benzene rings is 1. The third kappa shape index (κ3) is 3.52. The third-order valence-electron chi connectivity index (χ3n) is 3.05. The van der Waals surface area contributed by atoms with Crippen molar-refractivity contribution in [1.82, 2.24) is 4.90 Å². The maximum atomic E-state index is 11.9. The predicted octanol–water partition coefficient (Wildman–Crippen LogP) is -0.587. The molecule has 0 saturated heterocycles. The number of hydrogen-bond donors (Lipinski definition) is 3. The Kier molecular flexibility index (Phi) is 5.02. The Morgan fingerprint density at radius 1 is 1.16 bits per heavy atom. The van der Waals surface area contributed by atoms with Gasteiger partial charge in [0.2, 0.25) is 5.91 Å². The minimum atomic E-state index is -1.90. The van der Waals surface area contributed by atoms with Crippen LogP contribution in [0.1, 0.15) is 18.5 Å². The van der Waals surface area contributed by atoms with Crippen LogP contribution in [0, 0.1) is 0 Å². The maximum Gasteiger partial charge on any atom is 0.254 e. The molecule has 0 bridgehead atoms. The van der Waals surface area contributed by atoms with Crippen molar-refractivity contribution >= 4 is 11.8 Å². The standard InChI is InChI=1S/C13H18N2O4/c1-8(9-6-4-3-5-7-9)15(2)13(19)11(17)10(16)12(14)18/h3-8,10-11,16-17H,1-2H3,(H2,14,18)/t8-,10-,11-/m1/s1. The molecular formula is C13H18N2O4. The topological polar surface area (TPSA) is 104 Å². The summed E-state index contributed by atoms with van der Waals surface area (Å²) >= 11 is 0. The van der Waals surface area contributed by atoms with Crippen LogP contribution in [0.2, 0.25) is 0 Å². The second kappa shape index (κ2) is 6.31. The summed E-state index contributed by atoms with van der Waals surface area (Å²) in [7, 11) is 1.48. The number of amides is 2. The number of primary amides is 1.